The van der Waals surface area contributed by atoms with Crippen LogP contribution >= 0.6 is 0 Å². The lowest BCUT2D eigenvalue weighted by Gasteiger charge is -2.15. The number of aryl methyl sites for hydroxylation is 2. The standard InChI is InChI=1S/C21H16F6N4O/c1-11-6-12(8-13(7-11)20(22,23)24)19(32)29-16-2-3-17-15(16)10-31(30-17)14-4-5-28-18(9-14)21(25,26)27/h4-10,16H,2-3H2,1H3,(H,29,32)/t16-/m1/s1. The summed E-state index contributed by atoms with van der Waals surface area (Å²) in [5, 5.41) is 7.00. The summed E-state index contributed by atoms with van der Waals surface area (Å²) in [4.78, 5) is 16.0. The number of amides is 1. The van der Waals surface area contributed by atoms with E-state index < -0.39 is 35.6 Å². The maximum absolute atomic E-state index is 13.1. The van der Waals surface area contributed by atoms with Crippen LogP contribution in [0.15, 0.2) is 42.7 Å². The summed E-state index contributed by atoms with van der Waals surface area (Å²) in [6.07, 6.45) is -5.70. The Kier molecular flexibility index (Phi) is 5.22. The van der Waals surface area contributed by atoms with Crippen molar-refractivity contribution in [3.63, 3.8) is 0 Å². The summed E-state index contributed by atoms with van der Waals surface area (Å²) < 4.78 is 79.3. The minimum atomic E-state index is -4.61. The number of carbonyl (C=O) groups is 1. The van der Waals surface area contributed by atoms with Crippen molar-refractivity contribution in [1.82, 2.24) is 20.1 Å². The molecular formula is C21H16F6N4O. The molecule has 1 aliphatic rings. The van der Waals surface area contributed by atoms with Crippen molar-refractivity contribution in [2.45, 2.75) is 38.2 Å². The number of hydrogen-bond acceptors (Lipinski definition) is 3. The van der Waals surface area contributed by atoms with E-state index in [-0.39, 0.29) is 11.3 Å². The van der Waals surface area contributed by atoms with Crippen LogP contribution in [0.4, 0.5) is 26.3 Å². The highest BCUT2D eigenvalue weighted by molar-refractivity contribution is 5.95. The number of aromatic nitrogens is 3. The molecule has 1 aliphatic carbocycles. The normalized spacial score (nSPS) is 16.2. The van der Waals surface area contributed by atoms with E-state index in [0.717, 1.165) is 24.4 Å². The van der Waals surface area contributed by atoms with Crippen molar-refractivity contribution in [3.05, 3.63) is 76.4 Å². The summed E-state index contributed by atoms with van der Waals surface area (Å²) in [5.41, 5.74) is -0.449. The molecule has 4 rings (SSSR count). The van der Waals surface area contributed by atoms with E-state index in [9.17, 15) is 31.1 Å². The Morgan fingerprint density at radius 3 is 2.53 bits per heavy atom. The van der Waals surface area contributed by atoms with E-state index in [1.165, 1.54) is 29.9 Å². The van der Waals surface area contributed by atoms with Gasteiger partial charge in [0.1, 0.15) is 5.69 Å². The summed E-state index contributed by atoms with van der Waals surface area (Å²) in [7, 11) is 0. The molecular weight excluding hydrogens is 438 g/mol. The molecule has 1 amide bonds. The van der Waals surface area contributed by atoms with Gasteiger partial charge in [-0.2, -0.15) is 31.4 Å². The fraction of sp³-hybridized carbons (Fsp3) is 0.286. The highest BCUT2D eigenvalue weighted by Crippen LogP contribution is 2.34. The Morgan fingerprint density at radius 2 is 1.84 bits per heavy atom. The van der Waals surface area contributed by atoms with Crippen molar-refractivity contribution >= 4 is 5.91 Å². The predicted octanol–water partition coefficient (Wildman–Crippen LogP) is 5.03. The predicted molar refractivity (Wildman–Crippen MR) is 101 cm³/mol. The third kappa shape index (κ3) is 4.32. The molecule has 0 saturated heterocycles. The molecule has 0 fully saturated rings. The van der Waals surface area contributed by atoms with E-state index in [0.29, 0.717) is 29.7 Å². The molecule has 0 radical (unpaired) electrons. The molecule has 0 aliphatic heterocycles. The number of hydrogen-bond donors (Lipinski definition) is 1. The van der Waals surface area contributed by atoms with Gasteiger partial charge in [-0.05, 0) is 55.7 Å². The monoisotopic (exact) mass is 454 g/mol. The van der Waals surface area contributed by atoms with Crippen molar-refractivity contribution in [2.75, 3.05) is 0 Å². The number of rotatable bonds is 3. The van der Waals surface area contributed by atoms with Gasteiger partial charge in [-0.25, -0.2) is 4.68 Å². The Hall–Kier alpha value is -3.37. The first-order chi connectivity index (χ1) is 14.9. The minimum Gasteiger partial charge on any atom is -0.345 e. The van der Waals surface area contributed by atoms with Gasteiger partial charge in [0.15, 0.2) is 0 Å². The third-order valence-electron chi connectivity index (χ3n) is 5.14. The number of pyridine rings is 1. The Bertz CT molecular complexity index is 1180. The quantitative estimate of drug-likeness (QED) is 0.565. The van der Waals surface area contributed by atoms with E-state index >= 15 is 0 Å². The van der Waals surface area contributed by atoms with Gasteiger partial charge in [0, 0.05) is 23.5 Å². The van der Waals surface area contributed by atoms with Crippen LogP contribution in [0.25, 0.3) is 5.69 Å². The van der Waals surface area contributed by atoms with Gasteiger partial charge in [0.25, 0.3) is 5.91 Å². The van der Waals surface area contributed by atoms with Crippen molar-refractivity contribution in [2.24, 2.45) is 0 Å². The maximum atomic E-state index is 13.1. The molecule has 0 saturated carbocycles. The number of benzene rings is 1. The second-order valence-electron chi connectivity index (χ2n) is 7.52. The molecule has 0 unspecified atom stereocenters. The smallest absolute Gasteiger partial charge is 0.345 e. The molecule has 0 bridgehead atoms. The van der Waals surface area contributed by atoms with E-state index in [1.807, 2.05) is 0 Å². The Morgan fingerprint density at radius 1 is 1.09 bits per heavy atom. The number of fused-ring (bicyclic) bond motifs is 1. The van der Waals surface area contributed by atoms with Gasteiger partial charge in [0.05, 0.1) is 23.0 Å². The Labute approximate surface area is 178 Å². The summed E-state index contributed by atoms with van der Waals surface area (Å²) in [6.45, 7) is 1.47. The van der Waals surface area contributed by atoms with Gasteiger partial charge in [-0.3, -0.25) is 9.78 Å². The van der Waals surface area contributed by atoms with Crippen LogP contribution in [0.3, 0.4) is 0 Å². The molecule has 168 valence electrons. The van der Waals surface area contributed by atoms with Crippen LogP contribution in [-0.2, 0) is 18.8 Å². The zero-order valence-electron chi connectivity index (χ0n) is 16.6. The molecule has 0 spiro atoms. The molecule has 5 nitrogen and oxygen atoms in total. The molecule has 1 atom stereocenters. The zero-order chi connectivity index (χ0) is 23.3. The molecule has 2 aromatic heterocycles. The van der Waals surface area contributed by atoms with Crippen LogP contribution < -0.4 is 5.32 Å². The molecule has 1 aromatic carbocycles. The topological polar surface area (TPSA) is 59.8 Å². The van der Waals surface area contributed by atoms with Crippen molar-refractivity contribution in [1.29, 1.82) is 0 Å². The van der Waals surface area contributed by atoms with Gasteiger partial charge >= 0.3 is 12.4 Å². The first kappa shape index (κ1) is 21.8. The van der Waals surface area contributed by atoms with Gasteiger partial charge < -0.3 is 5.32 Å². The first-order valence-electron chi connectivity index (χ1n) is 9.53. The van der Waals surface area contributed by atoms with Crippen molar-refractivity contribution < 1.29 is 31.1 Å². The summed E-state index contributed by atoms with van der Waals surface area (Å²) >= 11 is 0. The second kappa shape index (κ2) is 7.64. The van der Waals surface area contributed by atoms with Gasteiger partial charge in [-0.1, -0.05) is 0 Å². The van der Waals surface area contributed by atoms with Crippen LogP contribution in [0.5, 0.6) is 0 Å². The SMILES string of the molecule is Cc1cc(C(=O)N[C@@H]2CCc3nn(-c4ccnc(C(F)(F)F)c4)cc32)cc(C(F)(F)F)c1. The lowest BCUT2D eigenvalue weighted by atomic mass is 10.0. The average Bonchev–Trinajstić information content (AvgIpc) is 3.28. The molecule has 11 heteroatoms. The van der Waals surface area contributed by atoms with Crippen molar-refractivity contribution in [3.8, 4) is 5.69 Å². The highest BCUT2D eigenvalue weighted by Gasteiger charge is 2.34. The number of nitrogens with one attached hydrogen (secondary N) is 1. The number of alkyl halides is 6. The van der Waals surface area contributed by atoms with Crippen LogP contribution in [-0.4, -0.2) is 20.7 Å². The fourth-order valence-electron chi connectivity index (χ4n) is 3.66. The lowest BCUT2D eigenvalue weighted by molar-refractivity contribution is -0.141. The molecule has 2 heterocycles. The zero-order valence-corrected chi connectivity index (χ0v) is 16.6. The van der Waals surface area contributed by atoms with E-state index in [4.69, 9.17) is 0 Å². The van der Waals surface area contributed by atoms with Crippen LogP contribution in [0.1, 0.15) is 50.9 Å². The first-order valence-corrected chi connectivity index (χ1v) is 9.53. The number of carbonyl (C=O) groups excluding carboxylic acids is 1. The number of nitrogens with zero attached hydrogens (tertiary/aromatic N) is 3. The van der Waals surface area contributed by atoms with Gasteiger partial charge in [-0.15, -0.1) is 0 Å². The summed E-state index contributed by atoms with van der Waals surface area (Å²) in [6, 6.07) is 4.82. The average molecular weight is 454 g/mol. The van der Waals surface area contributed by atoms with E-state index in [1.54, 1.807) is 0 Å². The number of halogens is 6. The van der Waals surface area contributed by atoms with Crippen LogP contribution in [0.2, 0.25) is 0 Å². The fourth-order valence-corrected chi connectivity index (χ4v) is 3.66. The lowest BCUT2D eigenvalue weighted by Crippen LogP contribution is -2.27. The summed E-state index contributed by atoms with van der Waals surface area (Å²) in [5.74, 6) is -0.673. The third-order valence-corrected chi connectivity index (χ3v) is 5.14. The maximum Gasteiger partial charge on any atom is 0.433 e. The largest absolute Gasteiger partial charge is 0.433 e. The van der Waals surface area contributed by atoms with Gasteiger partial charge in [0.2, 0.25) is 0 Å². The van der Waals surface area contributed by atoms with Crippen LogP contribution in [0, 0.1) is 6.92 Å². The molecule has 1 N–H and O–H groups in total. The highest BCUT2D eigenvalue weighted by atomic mass is 19.4. The van der Waals surface area contributed by atoms with E-state index in [2.05, 4.69) is 15.4 Å². The minimum absolute atomic E-state index is 0.123. The molecule has 32 heavy (non-hydrogen) atoms. The molecule has 3 aromatic rings. The Balaban J connectivity index is 1.57. The second-order valence-corrected chi connectivity index (χ2v) is 7.52.